The molecular weight excluding hydrogens is 449 g/mol. The molecule has 6 nitrogen and oxygen atoms in total. The Morgan fingerprint density at radius 1 is 1.09 bits per heavy atom. The SMILES string of the molecule is CO[C@@H](CN(C)C(=O)Nc1ccc(Cl)cc1)[C@@H](C)CN(Cc1ccccc1Cl)[C@@H](C)CO. The Morgan fingerprint density at radius 2 is 1.75 bits per heavy atom. The van der Waals surface area contributed by atoms with Gasteiger partial charge in [0.1, 0.15) is 0 Å². The summed E-state index contributed by atoms with van der Waals surface area (Å²) >= 11 is 12.2. The number of carbonyl (C=O) groups excluding carboxylic acids is 1. The van der Waals surface area contributed by atoms with Crippen LogP contribution in [0.2, 0.25) is 10.0 Å². The van der Waals surface area contributed by atoms with E-state index in [2.05, 4.69) is 17.1 Å². The van der Waals surface area contributed by atoms with Crippen LogP contribution in [0.25, 0.3) is 0 Å². The van der Waals surface area contributed by atoms with Gasteiger partial charge in [0, 0.05) is 55.6 Å². The van der Waals surface area contributed by atoms with Gasteiger partial charge in [0.05, 0.1) is 12.7 Å². The van der Waals surface area contributed by atoms with Crippen LogP contribution in [-0.2, 0) is 11.3 Å². The lowest BCUT2D eigenvalue weighted by molar-refractivity contribution is 0.0154. The van der Waals surface area contributed by atoms with Crippen LogP contribution in [0.15, 0.2) is 48.5 Å². The molecule has 0 unspecified atom stereocenters. The van der Waals surface area contributed by atoms with Gasteiger partial charge in [-0.25, -0.2) is 4.79 Å². The first-order valence-corrected chi connectivity index (χ1v) is 11.4. The molecule has 8 heteroatoms. The smallest absolute Gasteiger partial charge is 0.321 e. The van der Waals surface area contributed by atoms with Gasteiger partial charge in [-0.3, -0.25) is 4.90 Å². The van der Waals surface area contributed by atoms with Crippen molar-refractivity contribution in [1.82, 2.24) is 9.80 Å². The van der Waals surface area contributed by atoms with Crippen molar-refractivity contribution in [3.05, 3.63) is 64.1 Å². The zero-order valence-corrected chi connectivity index (χ0v) is 20.6. The minimum atomic E-state index is -0.224. The van der Waals surface area contributed by atoms with E-state index in [0.29, 0.717) is 35.4 Å². The summed E-state index contributed by atoms with van der Waals surface area (Å²) in [6.07, 6.45) is -0.185. The number of amides is 2. The van der Waals surface area contributed by atoms with Crippen molar-refractivity contribution in [1.29, 1.82) is 0 Å². The maximum Gasteiger partial charge on any atom is 0.321 e. The quantitative estimate of drug-likeness (QED) is 0.474. The average molecular weight is 482 g/mol. The lowest BCUT2D eigenvalue weighted by Gasteiger charge is -2.34. The van der Waals surface area contributed by atoms with E-state index >= 15 is 0 Å². The molecule has 0 aromatic heterocycles. The molecule has 0 heterocycles. The number of aliphatic hydroxyl groups is 1. The number of ether oxygens (including phenoxy) is 1. The molecule has 0 saturated heterocycles. The van der Waals surface area contributed by atoms with E-state index in [1.165, 1.54) is 0 Å². The van der Waals surface area contributed by atoms with Crippen molar-refractivity contribution in [2.75, 3.05) is 39.2 Å². The molecule has 32 heavy (non-hydrogen) atoms. The van der Waals surface area contributed by atoms with Crippen molar-refractivity contribution >= 4 is 34.9 Å². The zero-order valence-electron chi connectivity index (χ0n) is 19.1. The van der Waals surface area contributed by atoms with Crippen molar-refractivity contribution < 1.29 is 14.6 Å². The van der Waals surface area contributed by atoms with Crippen molar-refractivity contribution in [3.63, 3.8) is 0 Å². The molecular formula is C24H33Cl2N3O3. The molecule has 2 amide bonds. The van der Waals surface area contributed by atoms with Crippen molar-refractivity contribution in [2.24, 2.45) is 5.92 Å². The second kappa shape index (κ2) is 13.0. The molecule has 2 aromatic rings. The van der Waals surface area contributed by atoms with E-state index in [4.69, 9.17) is 27.9 Å². The van der Waals surface area contributed by atoms with E-state index in [1.54, 1.807) is 43.3 Å². The molecule has 3 atom stereocenters. The summed E-state index contributed by atoms with van der Waals surface area (Å²) in [5.41, 5.74) is 1.69. The van der Waals surface area contributed by atoms with Crippen LogP contribution in [0.4, 0.5) is 10.5 Å². The number of urea groups is 1. The van der Waals surface area contributed by atoms with Crippen LogP contribution in [0.3, 0.4) is 0 Å². The number of nitrogens with zero attached hydrogens (tertiary/aromatic N) is 2. The van der Waals surface area contributed by atoms with Gasteiger partial charge in [-0.1, -0.05) is 48.3 Å². The van der Waals surface area contributed by atoms with Crippen molar-refractivity contribution in [3.8, 4) is 0 Å². The Morgan fingerprint density at radius 3 is 2.34 bits per heavy atom. The fourth-order valence-electron chi connectivity index (χ4n) is 3.44. The largest absolute Gasteiger partial charge is 0.395 e. The molecule has 2 N–H and O–H groups in total. The number of hydrogen-bond acceptors (Lipinski definition) is 4. The van der Waals surface area contributed by atoms with Crippen LogP contribution < -0.4 is 5.32 Å². The van der Waals surface area contributed by atoms with Gasteiger partial charge in [0.2, 0.25) is 0 Å². The Hall–Kier alpha value is -1.83. The summed E-state index contributed by atoms with van der Waals surface area (Å²) < 4.78 is 5.73. The van der Waals surface area contributed by atoms with Crippen LogP contribution in [-0.4, -0.2) is 66.9 Å². The van der Waals surface area contributed by atoms with Crippen LogP contribution in [0.5, 0.6) is 0 Å². The summed E-state index contributed by atoms with van der Waals surface area (Å²) in [5.74, 6) is 0.0993. The number of carbonyl (C=O) groups is 1. The second-order valence-corrected chi connectivity index (χ2v) is 8.97. The Kier molecular flexibility index (Phi) is 10.7. The number of hydrogen-bond donors (Lipinski definition) is 2. The van der Waals surface area contributed by atoms with E-state index < -0.39 is 0 Å². The van der Waals surface area contributed by atoms with Crippen molar-refractivity contribution in [2.45, 2.75) is 32.5 Å². The lowest BCUT2D eigenvalue weighted by Crippen LogP contribution is -2.45. The zero-order chi connectivity index (χ0) is 23.7. The summed E-state index contributed by atoms with van der Waals surface area (Å²) in [6, 6.07) is 14.4. The van der Waals surface area contributed by atoms with Gasteiger partial charge in [-0.05, 0) is 48.7 Å². The highest BCUT2D eigenvalue weighted by molar-refractivity contribution is 6.31. The van der Waals surface area contributed by atoms with Gasteiger partial charge < -0.3 is 20.1 Å². The third kappa shape index (κ3) is 7.94. The Labute approximate surface area is 201 Å². The molecule has 0 aliphatic carbocycles. The molecule has 2 rings (SSSR count). The topological polar surface area (TPSA) is 65.0 Å². The number of benzene rings is 2. The predicted octanol–water partition coefficient (Wildman–Crippen LogP) is 4.99. The number of rotatable bonds is 11. The predicted molar refractivity (Wildman–Crippen MR) is 131 cm³/mol. The molecule has 176 valence electrons. The second-order valence-electron chi connectivity index (χ2n) is 8.12. The Balaban J connectivity index is 2.00. The van der Waals surface area contributed by atoms with Gasteiger partial charge in [-0.2, -0.15) is 0 Å². The highest BCUT2D eigenvalue weighted by atomic mass is 35.5. The first-order chi connectivity index (χ1) is 15.2. The molecule has 0 fully saturated rings. The number of halogens is 2. The lowest BCUT2D eigenvalue weighted by atomic mass is 10.0. The minimum Gasteiger partial charge on any atom is -0.395 e. The number of anilines is 1. The summed E-state index contributed by atoms with van der Waals surface area (Å²) in [6.45, 7) is 5.83. The number of aliphatic hydroxyl groups excluding tert-OH is 1. The minimum absolute atomic E-state index is 0.0399. The fraction of sp³-hybridized carbons (Fsp3) is 0.458. The van der Waals surface area contributed by atoms with E-state index in [0.717, 1.165) is 5.56 Å². The molecule has 0 saturated carbocycles. The van der Waals surface area contributed by atoms with Gasteiger partial charge in [-0.15, -0.1) is 0 Å². The molecule has 0 spiro atoms. The van der Waals surface area contributed by atoms with Gasteiger partial charge in [0.15, 0.2) is 0 Å². The van der Waals surface area contributed by atoms with E-state index in [9.17, 15) is 9.90 Å². The van der Waals surface area contributed by atoms with E-state index in [1.807, 2.05) is 31.2 Å². The third-order valence-corrected chi connectivity index (χ3v) is 6.20. The van der Waals surface area contributed by atoms with Gasteiger partial charge in [0.25, 0.3) is 0 Å². The third-order valence-electron chi connectivity index (χ3n) is 5.57. The molecule has 0 radical (unpaired) electrons. The molecule has 2 aromatic carbocycles. The number of methoxy groups -OCH3 is 1. The maximum atomic E-state index is 12.6. The first-order valence-electron chi connectivity index (χ1n) is 10.6. The highest BCUT2D eigenvalue weighted by Crippen LogP contribution is 2.21. The highest BCUT2D eigenvalue weighted by Gasteiger charge is 2.25. The molecule has 0 aliphatic rings. The van der Waals surface area contributed by atoms with Gasteiger partial charge >= 0.3 is 6.03 Å². The maximum absolute atomic E-state index is 12.6. The van der Waals surface area contributed by atoms with Crippen LogP contribution in [0, 0.1) is 5.92 Å². The summed E-state index contributed by atoms with van der Waals surface area (Å²) in [7, 11) is 3.39. The average Bonchev–Trinajstić information content (AvgIpc) is 2.78. The van der Waals surface area contributed by atoms with Crippen LogP contribution in [0.1, 0.15) is 19.4 Å². The standard InChI is InChI=1S/C24H33Cl2N3O3/c1-17(13-29(18(2)16-30)14-19-7-5-6-8-22(19)26)23(32-4)15-28(3)24(31)27-21-11-9-20(25)10-12-21/h5-12,17-18,23,30H,13-16H2,1-4H3,(H,27,31)/t17-,18-,23-/m0/s1. The normalized spacial score (nSPS) is 14.1. The Bertz CT molecular complexity index is 851. The van der Waals surface area contributed by atoms with E-state index in [-0.39, 0.29) is 30.7 Å². The summed E-state index contributed by atoms with van der Waals surface area (Å²) in [4.78, 5) is 16.4. The number of nitrogens with one attached hydrogen (secondary N) is 1. The monoisotopic (exact) mass is 481 g/mol. The first kappa shape index (κ1) is 26.4. The molecule has 0 bridgehead atoms. The van der Waals surface area contributed by atoms with Crippen LogP contribution >= 0.6 is 23.2 Å². The fourth-order valence-corrected chi connectivity index (χ4v) is 3.76. The molecule has 0 aliphatic heterocycles. The number of likely N-dealkylation sites (N-methyl/N-ethyl adjacent to an activating group) is 1. The summed E-state index contributed by atoms with van der Waals surface area (Å²) in [5, 5.41) is 13.9.